The molecule has 0 bridgehead atoms. The highest BCUT2D eigenvalue weighted by Crippen LogP contribution is 2.33. The zero-order valence-electron chi connectivity index (χ0n) is 25.2. The molecule has 9 heteroatoms. The van der Waals surface area contributed by atoms with Gasteiger partial charge in [0.2, 0.25) is 11.8 Å². The van der Waals surface area contributed by atoms with Gasteiger partial charge in [0.05, 0.1) is 43.4 Å². The van der Waals surface area contributed by atoms with Crippen LogP contribution in [0.15, 0.2) is 78.9 Å². The van der Waals surface area contributed by atoms with E-state index in [4.69, 9.17) is 9.47 Å². The lowest BCUT2D eigenvalue weighted by atomic mass is 9.87. The van der Waals surface area contributed by atoms with Gasteiger partial charge in [0, 0.05) is 33.0 Å². The van der Waals surface area contributed by atoms with Crippen molar-refractivity contribution in [3.63, 3.8) is 0 Å². The number of nitrogens with zero attached hydrogens (tertiary/aromatic N) is 1. The van der Waals surface area contributed by atoms with Crippen molar-refractivity contribution in [2.75, 3.05) is 39.5 Å². The molecule has 1 aliphatic carbocycles. The molecule has 44 heavy (non-hydrogen) atoms. The Morgan fingerprint density at radius 3 is 2.43 bits per heavy atom. The molecule has 1 fully saturated rings. The third-order valence-corrected chi connectivity index (χ3v) is 8.51. The topological polar surface area (TPSA) is 120 Å². The van der Waals surface area contributed by atoms with Crippen LogP contribution < -0.4 is 15.4 Å². The van der Waals surface area contributed by atoms with E-state index in [0.29, 0.717) is 30.8 Å². The quantitative estimate of drug-likeness (QED) is 0.238. The summed E-state index contributed by atoms with van der Waals surface area (Å²) >= 11 is 0. The molecule has 234 valence electrons. The van der Waals surface area contributed by atoms with Crippen LogP contribution in [-0.2, 0) is 27.2 Å². The number of nitrogens with one attached hydrogen (secondary N) is 2. The molecule has 0 saturated carbocycles. The Bertz CT molecular complexity index is 1360. The van der Waals surface area contributed by atoms with Gasteiger partial charge in [0.25, 0.3) is 0 Å². The van der Waals surface area contributed by atoms with Crippen molar-refractivity contribution in [3.8, 4) is 5.75 Å². The summed E-state index contributed by atoms with van der Waals surface area (Å²) in [5.74, 6) is -0.594. The van der Waals surface area contributed by atoms with E-state index in [0.717, 1.165) is 49.5 Å². The molecule has 2 aliphatic rings. The number of fused-ring (bicyclic) bond motifs is 1. The van der Waals surface area contributed by atoms with Crippen LogP contribution in [0.3, 0.4) is 0 Å². The first kappa shape index (κ1) is 31.7. The van der Waals surface area contributed by atoms with Crippen LogP contribution in [0.5, 0.6) is 5.75 Å². The normalized spacial score (nSPS) is 20.2. The molecule has 0 spiro atoms. The number of rotatable bonds is 13. The first-order valence-corrected chi connectivity index (χ1v) is 15.5. The van der Waals surface area contributed by atoms with Crippen molar-refractivity contribution >= 4 is 11.8 Å². The second kappa shape index (κ2) is 15.3. The van der Waals surface area contributed by atoms with Crippen LogP contribution in [0, 0.1) is 0 Å². The molecular formula is C35H43N3O6. The van der Waals surface area contributed by atoms with Crippen molar-refractivity contribution in [2.45, 2.75) is 56.4 Å². The number of hydrogen-bond donors (Lipinski definition) is 4. The summed E-state index contributed by atoms with van der Waals surface area (Å²) in [6.07, 6.45) is -0.798. The van der Waals surface area contributed by atoms with Gasteiger partial charge in [-0.15, -0.1) is 0 Å². The van der Waals surface area contributed by atoms with Crippen LogP contribution in [-0.4, -0.2) is 84.6 Å². The Hall–Kier alpha value is -3.76. The van der Waals surface area contributed by atoms with Crippen molar-refractivity contribution in [3.05, 3.63) is 101 Å². The largest absolute Gasteiger partial charge is 0.492 e. The fourth-order valence-electron chi connectivity index (χ4n) is 6.13. The van der Waals surface area contributed by atoms with Crippen molar-refractivity contribution in [2.24, 2.45) is 0 Å². The Balaban J connectivity index is 1.32. The number of aliphatic hydroxyl groups excluding tert-OH is 2. The summed E-state index contributed by atoms with van der Waals surface area (Å²) in [4.78, 5) is 28.4. The first-order chi connectivity index (χ1) is 21.4. The summed E-state index contributed by atoms with van der Waals surface area (Å²) in [5.41, 5.74) is 3.59. The van der Waals surface area contributed by atoms with Crippen molar-refractivity contribution in [1.29, 1.82) is 0 Å². The number of morpholine rings is 1. The predicted octanol–water partition coefficient (Wildman–Crippen LogP) is 2.75. The highest BCUT2D eigenvalue weighted by Gasteiger charge is 2.35. The molecule has 0 aromatic heterocycles. The van der Waals surface area contributed by atoms with Gasteiger partial charge in [-0.3, -0.25) is 14.5 Å². The fourth-order valence-corrected chi connectivity index (χ4v) is 6.13. The van der Waals surface area contributed by atoms with E-state index in [-0.39, 0.29) is 18.2 Å². The Labute approximate surface area is 259 Å². The lowest BCUT2D eigenvalue weighted by molar-refractivity contribution is -0.125. The molecule has 3 aromatic rings. The van der Waals surface area contributed by atoms with E-state index in [1.54, 1.807) is 0 Å². The van der Waals surface area contributed by atoms with Crippen molar-refractivity contribution < 1.29 is 29.3 Å². The number of benzene rings is 3. The van der Waals surface area contributed by atoms with Gasteiger partial charge in [-0.1, -0.05) is 66.7 Å². The molecule has 3 aromatic carbocycles. The molecule has 4 N–H and O–H groups in total. The Morgan fingerprint density at radius 2 is 1.70 bits per heavy atom. The molecule has 5 unspecified atom stereocenters. The van der Waals surface area contributed by atoms with Gasteiger partial charge in [-0.05, 0) is 47.2 Å². The number of ether oxygens (including phenoxy) is 2. The zero-order valence-corrected chi connectivity index (χ0v) is 25.2. The zero-order chi connectivity index (χ0) is 30.9. The molecule has 5 rings (SSSR count). The number of hydrogen-bond acceptors (Lipinski definition) is 7. The Morgan fingerprint density at radius 1 is 1.00 bits per heavy atom. The third-order valence-electron chi connectivity index (χ3n) is 8.51. The summed E-state index contributed by atoms with van der Waals surface area (Å²) in [7, 11) is 0. The van der Waals surface area contributed by atoms with E-state index in [1.807, 2.05) is 78.9 Å². The van der Waals surface area contributed by atoms with Gasteiger partial charge in [-0.2, -0.15) is 0 Å². The van der Waals surface area contributed by atoms with E-state index in [9.17, 15) is 19.8 Å². The standard InChI is InChI=1S/C35H43N3O6/c1-24(39)36-31(21-25-7-3-2-4-8-25)32(40)23-30(35(42)37-34-29-10-6-5-9-27(29)22-33(34)41)26-11-13-28(14-12-26)44-20-17-38-15-18-43-19-16-38/h2-14,30-34,40-41H,15-23H2,1H3,(H,36,39)(H,37,42). The van der Waals surface area contributed by atoms with Gasteiger partial charge < -0.3 is 30.3 Å². The molecule has 2 amide bonds. The summed E-state index contributed by atoms with van der Waals surface area (Å²) in [6.45, 7) is 6.03. The maximum absolute atomic E-state index is 14.0. The minimum absolute atomic E-state index is 0.0747. The van der Waals surface area contributed by atoms with E-state index in [1.165, 1.54) is 6.92 Å². The van der Waals surface area contributed by atoms with Crippen LogP contribution >= 0.6 is 0 Å². The first-order valence-electron chi connectivity index (χ1n) is 15.5. The number of aliphatic hydroxyl groups is 2. The molecule has 9 nitrogen and oxygen atoms in total. The lowest BCUT2D eigenvalue weighted by Crippen LogP contribution is -2.46. The summed E-state index contributed by atoms with van der Waals surface area (Å²) < 4.78 is 11.4. The monoisotopic (exact) mass is 601 g/mol. The fraction of sp³-hybridized carbons (Fsp3) is 0.429. The predicted molar refractivity (Wildman–Crippen MR) is 167 cm³/mol. The average Bonchev–Trinajstić information content (AvgIpc) is 3.35. The minimum Gasteiger partial charge on any atom is -0.492 e. The molecule has 1 heterocycles. The molecule has 1 saturated heterocycles. The van der Waals surface area contributed by atoms with Crippen LogP contribution in [0.1, 0.15) is 47.6 Å². The number of amides is 2. The van der Waals surface area contributed by atoms with Gasteiger partial charge in [0.1, 0.15) is 12.4 Å². The highest BCUT2D eigenvalue weighted by molar-refractivity contribution is 5.84. The Kier molecular flexibility index (Phi) is 11.0. The third kappa shape index (κ3) is 8.45. The van der Waals surface area contributed by atoms with Gasteiger partial charge in [0.15, 0.2) is 0 Å². The number of carbonyl (C=O) groups excluding carboxylic acids is 2. The maximum atomic E-state index is 14.0. The van der Waals surface area contributed by atoms with E-state index < -0.39 is 30.2 Å². The van der Waals surface area contributed by atoms with Crippen LogP contribution in [0.25, 0.3) is 0 Å². The van der Waals surface area contributed by atoms with Crippen LogP contribution in [0.4, 0.5) is 0 Å². The SMILES string of the molecule is CC(=O)NC(Cc1ccccc1)C(O)CC(C(=O)NC1c2ccccc2CC1O)c1ccc(OCCN2CCOCC2)cc1. The molecular weight excluding hydrogens is 558 g/mol. The smallest absolute Gasteiger partial charge is 0.228 e. The van der Waals surface area contributed by atoms with Crippen LogP contribution in [0.2, 0.25) is 0 Å². The molecule has 0 radical (unpaired) electrons. The second-order valence-electron chi connectivity index (χ2n) is 11.7. The number of carbonyl (C=O) groups is 2. The molecule has 1 aliphatic heterocycles. The maximum Gasteiger partial charge on any atom is 0.228 e. The van der Waals surface area contributed by atoms with E-state index >= 15 is 0 Å². The average molecular weight is 602 g/mol. The molecule has 5 atom stereocenters. The van der Waals surface area contributed by atoms with Crippen molar-refractivity contribution in [1.82, 2.24) is 15.5 Å². The second-order valence-corrected chi connectivity index (χ2v) is 11.7. The van der Waals surface area contributed by atoms with E-state index in [2.05, 4.69) is 15.5 Å². The lowest BCUT2D eigenvalue weighted by Gasteiger charge is -2.29. The summed E-state index contributed by atoms with van der Waals surface area (Å²) in [6, 6.07) is 23.6. The summed E-state index contributed by atoms with van der Waals surface area (Å²) in [5, 5.41) is 28.3. The highest BCUT2D eigenvalue weighted by atomic mass is 16.5. The van der Waals surface area contributed by atoms with Gasteiger partial charge in [-0.25, -0.2) is 0 Å². The minimum atomic E-state index is -1.01. The van der Waals surface area contributed by atoms with Gasteiger partial charge >= 0.3 is 0 Å².